The minimum absolute atomic E-state index is 0.0666. The zero-order valence-electron chi connectivity index (χ0n) is 15.1. The van der Waals surface area contributed by atoms with Gasteiger partial charge in [0.25, 0.3) is 5.91 Å². The molecule has 0 bridgehead atoms. The molecule has 0 aliphatic carbocycles. The molecule has 3 aromatic rings. The highest BCUT2D eigenvalue weighted by Crippen LogP contribution is 2.18. The number of aromatic nitrogens is 2. The number of carbonyl (C=O) groups is 1. The van der Waals surface area contributed by atoms with Crippen LogP contribution < -0.4 is 10.1 Å². The zero-order valence-corrected chi connectivity index (χ0v) is 15.1. The van der Waals surface area contributed by atoms with E-state index >= 15 is 0 Å². The Bertz CT molecular complexity index is 901. The number of ether oxygens (including phenoxy) is 1. The summed E-state index contributed by atoms with van der Waals surface area (Å²) in [6.07, 6.45) is 0. The second-order valence-corrected chi connectivity index (χ2v) is 6.21. The zero-order chi connectivity index (χ0) is 18.5. The number of hydrogen-bond acceptors (Lipinski definition) is 5. The molecule has 0 radical (unpaired) electrons. The molecule has 1 heterocycles. The van der Waals surface area contributed by atoms with Crippen LogP contribution in [0.1, 0.15) is 22.6 Å². The van der Waals surface area contributed by atoms with Crippen molar-refractivity contribution < 1.29 is 14.1 Å². The van der Waals surface area contributed by atoms with Gasteiger partial charge < -0.3 is 14.6 Å². The average molecular weight is 351 g/mol. The van der Waals surface area contributed by atoms with Crippen LogP contribution in [0.3, 0.4) is 0 Å². The van der Waals surface area contributed by atoms with Crippen molar-refractivity contribution in [2.24, 2.45) is 0 Å². The maximum Gasteiger partial charge on any atom is 0.258 e. The number of aryl methyl sites for hydroxylation is 3. The molecule has 6 nitrogen and oxygen atoms in total. The van der Waals surface area contributed by atoms with E-state index < -0.39 is 0 Å². The Labute approximate surface area is 152 Å². The van der Waals surface area contributed by atoms with E-state index in [1.807, 2.05) is 63.2 Å². The molecule has 6 heteroatoms. The summed E-state index contributed by atoms with van der Waals surface area (Å²) >= 11 is 0. The Kier molecular flexibility index (Phi) is 5.31. The third-order valence-corrected chi connectivity index (χ3v) is 3.90. The summed E-state index contributed by atoms with van der Waals surface area (Å²) in [5.74, 6) is 1.30. The molecule has 0 unspecified atom stereocenters. The molecule has 0 saturated carbocycles. The van der Waals surface area contributed by atoms with E-state index in [0.717, 1.165) is 22.3 Å². The van der Waals surface area contributed by atoms with Crippen LogP contribution in [0.25, 0.3) is 11.4 Å². The Morgan fingerprint density at radius 1 is 1.08 bits per heavy atom. The van der Waals surface area contributed by atoms with Crippen molar-refractivity contribution in [3.8, 4) is 17.1 Å². The van der Waals surface area contributed by atoms with Crippen LogP contribution in [0, 0.1) is 20.8 Å². The number of hydrogen-bond donors (Lipinski definition) is 1. The van der Waals surface area contributed by atoms with Gasteiger partial charge in [-0.3, -0.25) is 4.79 Å². The second kappa shape index (κ2) is 7.82. The molecule has 1 aromatic heterocycles. The van der Waals surface area contributed by atoms with E-state index in [0.29, 0.717) is 17.5 Å². The lowest BCUT2D eigenvalue weighted by atomic mass is 10.1. The first-order chi connectivity index (χ1) is 12.5. The molecule has 0 fully saturated rings. The fourth-order valence-electron chi connectivity index (χ4n) is 2.48. The van der Waals surface area contributed by atoms with Gasteiger partial charge in [0.05, 0.1) is 6.54 Å². The molecule has 0 saturated heterocycles. The summed E-state index contributed by atoms with van der Waals surface area (Å²) < 4.78 is 10.7. The van der Waals surface area contributed by atoms with Crippen LogP contribution in [-0.4, -0.2) is 22.7 Å². The lowest BCUT2D eigenvalue weighted by molar-refractivity contribution is -0.123. The molecule has 0 atom stereocenters. The lowest BCUT2D eigenvalue weighted by Gasteiger charge is -2.09. The first kappa shape index (κ1) is 17.7. The fourth-order valence-corrected chi connectivity index (χ4v) is 2.48. The Morgan fingerprint density at radius 2 is 1.81 bits per heavy atom. The van der Waals surface area contributed by atoms with Crippen molar-refractivity contribution in [1.29, 1.82) is 0 Å². The molecule has 1 amide bonds. The number of amides is 1. The smallest absolute Gasteiger partial charge is 0.258 e. The maximum absolute atomic E-state index is 12.0. The predicted molar refractivity (Wildman–Crippen MR) is 97.7 cm³/mol. The van der Waals surface area contributed by atoms with E-state index in [1.54, 1.807) is 0 Å². The number of rotatable bonds is 6. The quantitative estimate of drug-likeness (QED) is 0.737. The van der Waals surface area contributed by atoms with Crippen molar-refractivity contribution in [3.63, 3.8) is 0 Å². The van der Waals surface area contributed by atoms with Gasteiger partial charge in [-0.25, -0.2) is 0 Å². The summed E-state index contributed by atoms with van der Waals surface area (Å²) in [7, 11) is 0. The highest BCUT2D eigenvalue weighted by Gasteiger charge is 2.10. The Morgan fingerprint density at radius 3 is 2.54 bits per heavy atom. The van der Waals surface area contributed by atoms with E-state index in [9.17, 15) is 4.79 Å². The van der Waals surface area contributed by atoms with Crippen molar-refractivity contribution in [1.82, 2.24) is 15.5 Å². The molecule has 134 valence electrons. The standard InChI is InChI=1S/C20H21N3O3/c1-13-4-7-16(8-5-13)20-22-19(26-23-20)11-21-18(24)12-25-17-9-6-14(2)10-15(17)3/h4-10H,11-12H2,1-3H3,(H,21,24). The topological polar surface area (TPSA) is 77.2 Å². The van der Waals surface area contributed by atoms with Crippen LogP contribution in [-0.2, 0) is 11.3 Å². The molecule has 0 aliphatic heterocycles. The molecule has 2 aromatic carbocycles. The van der Waals surface area contributed by atoms with Gasteiger partial charge in [0.15, 0.2) is 6.61 Å². The third kappa shape index (κ3) is 4.47. The summed E-state index contributed by atoms with van der Waals surface area (Å²) in [4.78, 5) is 16.2. The van der Waals surface area contributed by atoms with Gasteiger partial charge in [0.1, 0.15) is 5.75 Å². The van der Waals surface area contributed by atoms with Gasteiger partial charge in [-0.2, -0.15) is 4.98 Å². The monoisotopic (exact) mass is 351 g/mol. The summed E-state index contributed by atoms with van der Waals surface area (Å²) in [5.41, 5.74) is 4.18. The van der Waals surface area contributed by atoms with Gasteiger partial charge >= 0.3 is 0 Å². The number of carbonyl (C=O) groups excluding carboxylic acids is 1. The maximum atomic E-state index is 12.0. The predicted octanol–water partition coefficient (Wildman–Crippen LogP) is 3.36. The number of nitrogens with zero attached hydrogens (tertiary/aromatic N) is 2. The van der Waals surface area contributed by atoms with Crippen molar-refractivity contribution in [2.75, 3.05) is 6.61 Å². The van der Waals surface area contributed by atoms with Crippen molar-refractivity contribution in [3.05, 3.63) is 65.0 Å². The highest BCUT2D eigenvalue weighted by molar-refractivity contribution is 5.77. The SMILES string of the molecule is Cc1ccc(-c2noc(CNC(=O)COc3ccc(C)cc3C)n2)cc1. The van der Waals surface area contributed by atoms with Crippen molar-refractivity contribution in [2.45, 2.75) is 27.3 Å². The van der Waals surface area contributed by atoms with Crippen LogP contribution in [0.2, 0.25) is 0 Å². The van der Waals surface area contributed by atoms with Gasteiger partial charge in [-0.1, -0.05) is 52.7 Å². The molecule has 3 rings (SSSR count). The van der Waals surface area contributed by atoms with Crippen LogP contribution in [0.4, 0.5) is 0 Å². The molecule has 0 spiro atoms. The van der Waals surface area contributed by atoms with Crippen LogP contribution in [0.5, 0.6) is 5.75 Å². The molecule has 1 N–H and O–H groups in total. The molecular weight excluding hydrogens is 330 g/mol. The van der Waals surface area contributed by atoms with Gasteiger partial charge in [-0.05, 0) is 32.4 Å². The number of benzene rings is 2. The van der Waals surface area contributed by atoms with Gasteiger partial charge in [-0.15, -0.1) is 0 Å². The largest absolute Gasteiger partial charge is 0.484 e. The van der Waals surface area contributed by atoms with Crippen molar-refractivity contribution >= 4 is 5.91 Å². The van der Waals surface area contributed by atoms with Gasteiger partial charge in [0.2, 0.25) is 11.7 Å². The summed E-state index contributed by atoms with van der Waals surface area (Å²) in [6, 6.07) is 13.7. The molecular formula is C20H21N3O3. The summed E-state index contributed by atoms with van der Waals surface area (Å²) in [6.45, 7) is 6.07. The normalized spacial score (nSPS) is 10.6. The second-order valence-electron chi connectivity index (χ2n) is 6.21. The highest BCUT2D eigenvalue weighted by atomic mass is 16.5. The number of nitrogens with one attached hydrogen (secondary N) is 1. The first-order valence-electron chi connectivity index (χ1n) is 8.37. The summed E-state index contributed by atoms with van der Waals surface area (Å²) in [5, 5.41) is 6.65. The molecule has 0 aliphatic rings. The Balaban J connectivity index is 1.51. The minimum atomic E-state index is -0.250. The van der Waals surface area contributed by atoms with E-state index in [2.05, 4.69) is 15.5 Å². The fraction of sp³-hybridized carbons (Fsp3) is 0.250. The van der Waals surface area contributed by atoms with Crippen LogP contribution in [0.15, 0.2) is 47.0 Å². The third-order valence-electron chi connectivity index (χ3n) is 3.90. The van der Waals surface area contributed by atoms with E-state index in [4.69, 9.17) is 9.26 Å². The van der Waals surface area contributed by atoms with Crippen LogP contribution >= 0.6 is 0 Å². The van der Waals surface area contributed by atoms with E-state index in [-0.39, 0.29) is 19.1 Å². The first-order valence-corrected chi connectivity index (χ1v) is 8.37. The molecule has 26 heavy (non-hydrogen) atoms. The minimum Gasteiger partial charge on any atom is -0.484 e. The lowest BCUT2D eigenvalue weighted by Crippen LogP contribution is -2.28. The average Bonchev–Trinajstić information content (AvgIpc) is 3.09. The van der Waals surface area contributed by atoms with E-state index in [1.165, 1.54) is 0 Å². The van der Waals surface area contributed by atoms with Gasteiger partial charge in [0, 0.05) is 5.56 Å². The Hall–Kier alpha value is -3.15.